The van der Waals surface area contributed by atoms with Crippen LogP contribution in [0.15, 0.2) is 12.5 Å². The zero-order valence-corrected chi connectivity index (χ0v) is 10.5. The van der Waals surface area contributed by atoms with Crippen LogP contribution in [-0.2, 0) is 7.05 Å². The highest BCUT2D eigenvalue weighted by Crippen LogP contribution is 2.09. The Morgan fingerprint density at radius 2 is 2.53 bits per heavy atom. The van der Waals surface area contributed by atoms with Crippen molar-refractivity contribution < 1.29 is 4.79 Å². The zero-order valence-electron chi connectivity index (χ0n) is 10.5. The van der Waals surface area contributed by atoms with E-state index in [1.165, 1.54) is 6.42 Å². The summed E-state index contributed by atoms with van der Waals surface area (Å²) in [5.74, 6) is 0.0706. The van der Waals surface area contributed by atoms with Gasteiger partial charge >= 0.3 is 0 Å². The van der Waals surface area contributed by atoms with Crippen LogP contribution in [0.1, 0.15) is 30.3 Å². The SMILES string of the molecule is CCN(CC1CCCN1)C(=O)c1cncn1C. The molecule has 5 nitrogen and oxygen atoms in total. The summed E-state index contributed by atoms with van der Waals surface area (Å²) in [6.07, 6.45) is 5.67. The van der Waals surface area contributed by atoms with Gasteiger partial charge in [-0.3, -0.25) is 4.79 Å². The van der Waals surface area contributed by atoms with Crippen molar-refractivity contribution in [3.05, 3.63) is 18.2 Å². The minimum Gasteiger partial charge on any atom is -0.336 e. The first-order valence-electron chi connectivity index (χ1n) is 6.21. The van der Waals surface area contributed by atoms with Crippen molar-refractivity contribution in [2.24, 2.45) is 7.05 Å². The third kappa shape index (κ3) is 2.66. The molecule has 0 aromatic carbocycles. The monoisotopic (exact) mass is 236 g/mol. The van der Waals surface area contributed by atoms with E-state index in [0.29, 0.717) is 11.7 Å². The van der Waals surface area contributed by atoms with Gasteiger partial charge in [0.15, 0.2) is 0 Å². The maximum absolute atomic E-state index is 12.3. The molecule has 5 heteroatoms. The number of likely N-dealkylation sites (N-methyl/N-ethyl adjacent to an activating group) is 1. The lowest BCUT2D eigenvalue weighted by atomic mass is 10.2. The molecule has 1 aliphatic heterocycles. The molecule has 2 heterocycles. The van der Waals surface area contributed by atoms with Crippen LogP contribution in [0.3, 0.4) is 0 Å². The highest BCUT2D eigenvalue weighted by Gasteiger charge is 2.22. The normalized spacial score (nSPS) is 19.5. The molecular formula is C12H20N4O. The van der Waals surface area contributed by atoms with E-state index in [2.05, 4.69) is 10.3 Å². The molecule has 0 aliphatic carbocycles. The van der Waals surface area contributed by atoms with Crippen LogP contribution in [0, 0.1) is 0 Å². The Balaban J connectivity index is 2.02. The van der Waals surface area contributed by atoms with Crippen LogP contribution in [-0.4, -0.2) is 46.0 Å². The molecule has 1 N–H and O–H groups in total. The first kappa shape index (κ1) is 12.1. The van der Waals surface area contributed by atoms with Crippen molar-refractivity contribution in [3.8, 4) is 0 Å². The molecule has 1 amide bonds. The van der Waals surface area contributed by atoms with Crippen molar-refractivity contribution in [2.75, 3.05) is 19.6 Å². The van der Waals surface area contributed by atoms with Crippen molar-refractivity contribution >= 4 is 5.91 Å². The van der Waals surface area contributed by atoms with Crippen molar-refractivity contribution in [1.29, 1.82) is 0 Å². The van der Waals surface area contributed by atoms with E-state index in [1.54, 1.807) is 17.1 Å². The van der Waals surface area contributed by atoms with Gasteiger partial charge in [0.05, 0.1) is 12.5 Å². The van der Waals surface area contributed by atoms with Crippen molar-refractivity contribution in [3.63, 3.8) is 0 Å². The Labute approximate surface area is 102 Å². The van der Waals surface area contributed by atoms with Gasteiger partial charge < -0.3 is 14.8 Å². The largest absolute Gasteiger partial charge is 0.336 e. The summed E-state index contributed by atoms with van der Waals surface area (Å²) in [6.45, 7) is 4.62. The summed E-state index contributed by atoms with van der Waals surface area (Å²) in [4.78, 5) is 18.2. The van der Waals surface area contributed by atoms with Gasteiger partial charge in [-0.1, -0.05) is 0 Å². The first-order valence-corrected chi connectivity index (χ1v) is 6.21. The number of rotatable bonds is 4. The minimum atomic E-state index is 0.0706. The van der Waals surface area contributed by atoms with Gasteiger partial charge in [0.2, 0.25) is 0 Å². The van der Waals surface area contributed by atoms with Gasteiger partial charge in [0.1, 0.15) is 5.69 Å². The van der Waals surface area contributed by atoms with Gasteiger partial charge in [-0.15, -0.1) is 0 Å². The standard InChI is InChI=1S/C12H20N4O/c1-3-16(8-10-5-4-6-14-10)12(17)11-7-13-9-15(11)2/h7,9-10,14H,3-6,8H2,1-2H3. The van der Waals surface area contributed by atoms with E-state index in [1.807, 2.05) is 18.9 Å². The number of hydrogen-bond donors (Lipinski definition) is 1. The van der Waals surface area contributed by atoms with Crippen LogP contribution >= 0.6 is 0 Å². The van der Waals surface area contributed by atoms with Crippen LogP contribution in [0.5, 0.6) is 0 Å². The van der Waals surface area contributed by atoms with E-state index in [9.17, 15) is 4.79 Å². The van der Waals surface area contributed by atoms with Crippen molar-refractivity contribution in [1.82, 2.24) is 19.8 Å². The minimum absolute atomic E-state index is 0.0706. The van der Waals surface area contributed by atoms with Gasteiger partial charge in [-0.25, -0.2) is 4.98 Å². The van der Waals surface area contributed by atoms with Crippen LogP contribution in [0.25, 0.3) is 0 Å². The fourth-order valence-electron chi connectivity index (χ4n) is 2.26. The molecular weight excluding hydrogens is 216 g/mol. The fraction of sp³-hybridized carbons (Fsp3) is 0.667. The number of carbonyl (C=O) groups excluding carboxylic acids is 1. The number of amides is 1. The molecule has 1 fully saturated rings. The fourth-order valence-corrected chi connectivity index (χ4v) is 2.26. The number of aromatic nitrogens is 2. The highest BCUT2D eigenvalue weighted by atomic mass is 16.2. The molecule has 1 saturated heterocycles. The van der Waals surface area contributed by atoms with Gasteiger partial charge in [-0.05, 0) is 26.3 Å². The number of carbonyl (C=O) groups is 1. The van der Waals surface area contributed by atoms with E-state index in [-0.39, 0.29) is 5.91 Å². The lowest BCUT2D eigenvalue weighted by Gasteiger charge is -2.24. The number of hydrogen-bond acceptors (Lipinski definition) is 3. The molecule has 1 aliphatic rings. The predicted octanol–water partition coefficient (Wildman–Crippen LogP) is 0.634. The molecule has 1 atom stereocenters. The smallest absolute Gasteiger partial charge is 0.272 e. The molecule has 1 aromatic rings. The van der Waals surface area contributed by atoms with Gasteiger partial charge in [-0.2, -0.15) is 0 Å². The number of nitrogens with one attached hydrogen (secondary N) is 1. The summed E-state index contributed by atoms with van der Waals surface area (Å²) in [6, 6.07) is 0.451. The van der Waals surface area contributed by atoms with E-state index in [0.717, 1.165) is 26.1 Å². The third-order valence-corrected chi connectivity index (χ3v) is 3.31. The van der Waals surface area contributed by atoms with Crippen molar-refractivity contribution in [2.45, 2.75) is 25.8 Å². The molecule has 17 heavy (non-hydrogen) atoms. The molecule has 0 radical (unpaired) electrons. The second-order valence-corrected chi connectivity index (χ2v) is 4.53. The average Bonchev–Trinajstić information content (AvgIpc) is 2.96. The Bertz CT molecular complexity index is 382. The first-order chi connectivity index (χ1) is 8.22. The van der Waals surface area contributed by atoms with Crippen LogP contribution in [0.2, 0.25) is 0 Å². The van der Waals surface area contributed by atoms with E-state index in [4.69, 9.17) is 0 Å². The van der Waals surface area contributed by atoms with Crippen LogP contribution < -0.4 is 5.32 Å². The number of nitrogens with zero attached hydrogens (tertiary/aromatic N) is 3. The average molecular weight is 236 g/mol. The Kier molecular flexibility index (Phi) is 3.78. The zero-order chi connectivity index (χ0) is 12.3. The molecule has 0 bridgehead atoms. The topological polar surface area (TPSA) is 50.2 Å². The van der Waals surface area contributed by atoms with E-state index < -0.39 is 0 Å². The summed E-state index contributed by atoms with van der Waals surface area (Å²) >= 11 is 0. The lowest BCUT2D eigenvalue weighted by molar-refractivity contribution is 0.0741. The Hall–Kier alpha value is -1.36. The van der Waals surface area contributed by atoms with Gasteiger partial charge in [0.25, 0.3) is 5.91 Å². The molecule has 2 rings (SSSR count). The molecule has 0 spiro atoms. The number of imidazole rings is 1. The van der Waals surface area contributed by atoms with Crippen LogP contribution in [0.4, 0.5) is 0 Å². The maximum Gasteiger partial charge on any atom is 0.272 e. The molecule has 1 unspecified atom stereocenters. The molecule has 94 valence electrons. The summed E-state index contributed by atoms with van der Waals surface area (Å²) in [5, 5.41) is 3.42. The second-order valence-electron chi connectivity index (χ2n) is 4.53. The predicted molar refractivity (Wildman–Crippen MR) is 65.8 cm³/mol. The Morgan fingerprint density at radius 1 is 1.71 bits per heavy atom. The van der Waals surface area contributed by atoms with Gasteiger partial charge in [0, 0.05) is 26.2 Å². The second kappa shape index (κ2) is 5.31. The third-order valence-electron chi connectivity index (χ3n) is 3.31. The Morgan fingerprint density at radius 3 is 3.06 bits per heavy atom. The summed E-state index contributed by atoms with van der Waals surface area (Å²) in [7, 11) is 1.85. The quantitative estimate of drug-likeness (QED) is 0.834. The summed E-state index contributed by atoms with van der Waals surface area (Å²) < 4.78 is 1.77. The lowest BCUT2D eigenvalue weighted by Crippen LogP contribution is -2.41. The summed E-state index contributed by atoms with van der Waals surface area (Å²) in [5.41, 5.74) is 0.657. The maximum atomic E-state index is 12.3. The molecule has 1 aromatic heterocycles. The van der Waals surface area contributed by atoms with E-state index >= 15 is 0 Å². The number of aryl methyl sites for hydroxylation is 1. The molecule has 0 saturated carbocycles. The highest BCUT2D eigenvalue weighted by molar-refractivity contribution is 5.92.